The average molecular weight is 413 g/mol. The molecule has 2 heterocycles. The van der Waals surface area contributed by atoms with E-state index in [-0.39, 0.29) is 12.5 Å². The molecule has 7 nitrogen and oxygen atoms in total. The van der Waals surface area contributed by atoms with Crippen molar-refractivity contribution in [2.75, 3.05) is 51.9 Å². The summed E-state index contributed by atoms with van der Waals surface area (Å²) in [6, 6.07) is 13.2. The Morgan fingerprint density at radius 3 is 2.38 bits per heavy atom. The maximum atomic E-state index is 12.5. The minimum absolute atomic E-state index is 0.00106. The lowest BCUT2D eigenvalue weighted by molar-refractivity contribution is -0.133. The molecule has 1 saturated heterocycles. The van der Waals surface area contributed by atoms with E-state index < -0.39 is 0 Å². The summed E-state index contributed by atoms with van der Waals surface area (Å²) in [6.45, 7) is 2.78. The summed E-state index contributed by atoms with van der Waals surface area (Å²) in [4.78, 5) is 21.3. The molecular formula is C21H23N3O4S. The first-order chi connectivity index (χ1) is 14.2. The molecular weight excluding hydrogens is 390 g/mol. The van der Waals surface area contributed by atoms with Crippen LogP contribution >= 0.6 is 11.3 Å². The molecule has 0 spiro atoms. The van der Waals surface area contributed by atoms with E-state index in [9.17, 15) is 4.79 Å². The first-order valence-electron chi connectivity index (χ1n) is 9.41. The predicted molar refractivity (Wildman–Crippen MR) is 113 cm³/mol. The van der Waals surface area contributed by atoms with Crippen LogP contribution in [-0.4, -0.2) is 62.8 Å². The second kappa shape index (κ2) is 8.57. The summed E-state index contributed by atoms with van der Waals surface area (Å²) in [6.07, 6.45) is 0. The molecule has 1 aliphatic rings. The largest absolute Gasteiger partial charge is 0.495 e. The van der Waals surface area contributed by atoms with Gasteiger partial charge in [0.15, 0.2) is 11.7 Å². The highest BCUT2D eigenvalue weighted by atomic mass is 32.1. The first-order valence-corrected chi connectivity index (χ1v) is 10.2. The fourth-order valence-corrected chi connectivity index (χ4v) is 4.44. The van der Waals surface area contributed by atoms with Crippen LogP contribution in [0.3, 0.4) is 0 Å². The number of piperazine rings is 1. The van der Waals surface area contributed by atoms with E-state index in [2.05, 4.69) is 4.90 Å². The molecule has 1 aliphatic heterocycles. The van der Waals surface area contributed by atoms with E-state index in [0.717, 1.165) is 39.9 Å². The van der Waals surface area contributed by atoms with Crippen LogP contribution in [0.4, 0.5) is 5.13 Å². The average Bonchev–Trinajstić information content (AvgIpc) is 3.23. The summed E-state index contributed by atoms with van der Waals surface area (Å²) in [5, 5.41) is 0.912. The Morgan fingerprint density at radius 2 is 1.69 bits per heavy atom. The number of thiazole rings is 1. The van der Waals surface area contributed by atoms with Gasteiger partial charge in [0.1, 0.15) is 27.5 Å². The zero-order valence-corrected chi connectivity index (χ0v) is 17.3. The standard InChI is InChI=1S/C21H23N3O4S/c1-26-16-8-9-17(27-2)20-19(16)22-21(29-20)24-12-10-23(11-13-24)18(25)14-28-15-6-4-3-5-7-15/h3-9H,10-14H2,1-2H3. The Labute approximate surface area is 173 Å². The summed E-state index contributed by atoms with van der Waals surface area (Å²) in [5.41, 5.74) is 0.807. The van der Waals surface area contributed by atoms with Gasteiger partial charge in [-0.3, -0.25) is 4.79 Å². The van der Waals surface area contributed by atoms with E-state index in [1.165, 1.54) is 0 Å². The monoisotopic (exact) mass is 413 g/mol. The lowest BCUT2D eigenvalue weighted by Crippen LogP contribution is -2.50. The van der Waals surface area contributed by atoms with Crippen LogP contribution in [-0.2, 0) is 4.79 Å². The number of ether oxygens (including phenoxy) is 3. The number of carbonyl (C=O) groups excluding carboxylic acids is 1. The highest BCUT2D eigenvalue weighted by molar-refractivity contribution is 7.22. The highest BCUT2D eigenvalue weighted by Gasteiger charge is 2.24. The van der Waals surface area contributed by atoms with Crippen LogP contribution in [0.25, 0.3) is 10.2 Å². The van der Waals surface area contributed by atoms with Crippen molar-refractivity contribution in [1.82, 2.24) is 9.88 Å². The van der Waals surface area contributed by atoms with Gasteiger partial charge in [0.05, 0.1) is 14.2 Å². The minimum atomic E-state index is 0.00106. The third-order valence-electron chi connectivity index (χ3n) is 4.91. The molecule has 0 bridgehead atoms. The first kappa shape index (κ1) is 19.3. The third-order valence-corrected chi connectivity index (χ3v) is 6.04. The molecule has 1 amide bonds. The second-order valence-corrected chi connectivity index (χ2v) is 7.59. The lowest BCUT2D eigenvalue weighted by Gasteiger charge is -2.34. The molecule has 0 aliphatic carbocycles. The number of nitrogens with zero attached hydrogens (tertiary/aromatic N) is 3. The number of hydrogen-bond acceptors (Lipinski definition) is 7. The fraction of sp³-hybridized carbons (Fsp3) is 0.333. The molecule has 2 aromatic carbocycles. The van der Waals surface area contributed by atoms with Crippen molar-refractivity contribution in [3.63, 3.8) is 0 Å². The van der Waals surface area contributed by atoms with Gasteiger partial charge in [0, 0.05) is 26.2 Å². The van der Waals surface area contributed by atoms with Gasteiger partial charge in [-0.2, -0.15) is 0 Å². The fourth-order valence-electron chi connectivity index (χ4n) is 3.31. The van der Waals surface area contributed by atoms with Crippen LogP contribution < -0.4 is 19.1 Å². The maximum Gasteiger partial charge on any atom is 0.260 e. The van der Waals surface area contributed by atoms with Gasteiger partial charge in [0.25, 0.3) is 5.91 Å². The van der Waals surface area contributed by atoms with Gasteiger partial charge in [-0.15, -0.1) is 0 Å². The smallest absolute Gasteiger partial charge is 0.260 e. The molecule has 1 aromatic heterocycles. The van der Waals surface area contributed by atoms with Gasteiger partial charge in [-0.1, -0.05) is 29.5 Å². The lowest BCUT2D eigenvalue weighted by atomic mass is 10.3. The number of hydrogen-bond donors (Lipinski definition) is 0. The van der Waals surface area contributed by atoms with Crippen molar-refractivity contribution in [3.8, 4) is 17.2 Å². The van der Waals surface area contributed by atoms with E-state index in [4.69, 9.17) is 19.2 Å². The SMILES string of the molecule is COc1ccc(OC)c2sc(N3CCN(C(=O)COc4ccccc4)CC3)nc12. The van der Waals surface area contributed by atoms with Gasteiger partial charge in [-0.25, -0.2) is 4.98 Å². The van der Waals surface area contributed by atoms with E-state index in [1.54, 1.807) is 25.6 Å². The van der Waals surface area contributed by atoms with Crippen molar-refractivity contribution in [3.05, 3.63) is 42.5 Å². The molecule has 0 N–H and O–H groups in total. The molecule has 0 radical (unpaired) electrons. The van der Waals surface area contributed by atoms with E-state index in [1.807, 2.05) is 47.4 Å². The van der Waals surface area contributed by atoms with Gasteiger partial charge in [-0.05, 0) is 24.3 Å². The molecule has 0 unspecified atom stereocenters. The number of para-hydroxylation sites is 1. The van der Waals surface area contributed by atoms with Crippen LogP contribution in [0, 0.1) is 0 Å². The van der Waals surface area contributed by atoms with Crippen molar-refractivity contribution in [1.29, 1.82) is 0 Å². The predicted octanol–water partition coefficient (Wildman–Crippen LogP) is 3.04. The van der Waals surface area contributed by atoms with Crippen molar-refractivity contribution in [2.24, 2.45) is 0 Å². The Kier molecular flexibility index (Phi) is 5.71. The van der Waals surface area contributed by atoms with Crippen LogP contribution in [0.2, 0.25) is 0 Å². The number of rotatable bonds is 6. The number of fused-ring (bicyclic) bond motifs is 1. The van der Waals surface area contributed by atoms with Crippen LogP contribution in [0.1, 0.15) is 0 Å². The minimum Gasteiger partial charge on any atom is -0.495 e. The molecule has 0 saturated carbocycles. The Hall–Kier alpha value is -3.00. The Balaban J connectivity index is 1.40. The molecule has 152 valence electrons. The number of benzene rings is 2. The molecule has 0 atom stereocenters. The van der Waals surface area contributed by atoms with Crippen LogP contribution in [0.15, 0.2) is 42.5 Å². The Morgan fingerprint density at radius 1 is 1.00 bits per heavy atom. The number of aromatic nitrogens is 1. The van der Waals surface area contributed by atoms with Crippen molar-refractivity contribution < 1.29 is 19.0 Å². The molecule has 29 heavy (non-hydrogen) atoms. The van der Waals surface area contributed by atoms with Crippen molar-refractivity contribution >= 4 is 32.6 Å². The van der Waals surface area contributed by atoms with E-state index in [0.29, 0.717) is 18.8 Å². The zero-order valence-electron chi connectivity index (χ0n) is 16.5. The van der Waals surface area contributed by atoms with E-state index >= 15 is 0 Å². The molecule has 1 fully saturated rings. The number of carbonyl (C=O) groups is 1. The van der Waals surface area contributed by atoms with Crippen LogP contribution in [0.5, 0.6) is 17.2 Å². The summed E-state index contributed by atoms with van der Waals surface area (Å²) in [7, 11) is 3.30. The number of anilines is 1. The normalized spacial score (nSPS) is 14.1. The summed E-state index contributed by atoms with van der Waals surface area (Å²) >= 11 is 1.58. The molecule has 8 heteroatoms. The van der Waals surface area contributed by atoms with Crippen molar-refractivity contribution in [2.45, 2.75) is 0 Å². The van der Waals surface area contributed by atoms with Gasteiger partial charge < -0.3 is 24.0 Å². The maximum absolute atomic E-state index is 12.5. The van der Waals surface area contributed by atoms with Gasteiger partial charge >= 0.3 is 0 Å². The Bertz CT molecular complexity index is 943. The number of amides is 1. The quantitative estimate of drug-likeness (QED) is 0.619. The zero-order chi connectivity index (χ0) is 20.2. The second-order valence-electron chi connectivity index (χ2n) is 6.61. The molecule has 4 rings (SSSR count). The topological polar surface area (TPSA) is 64.1 Å². The summed E-state index contributed by atoms with van der Waals surface area (Å²) < 4.78 is 17.5. The molecule has 3 aromatic rings. The van der Waals surface area contributed by atoms with Gasteiger partial charge in [0.2, 0.25) is 0 Å². The summed E-state index contributed by atoms with van der Waals surface area (Å²) in [5.74, 6) is 2.23. The third kappa shape index (κ3) is 4.07. The highest BCUT2D eigenvalue weighted by Crippen LogP contribution is 2.40. The number of methoxy groups -OCH3 is 2.